The highest BCUT2D eigenvalue weighted by molar-refractivity contribution is 9.08. The van der Waals surface area contributed by atoms with E-state index in [9.17, 15) is 9.59 Å². The van der Waals surface area contributed by atoms with E-state index in [1.54, 1.807) is 6.07 Å². The monoisotopic (exact) mass is 409 g/mol. The van der Waals surface area contributed by atoms with Crippen LogP contribution in [-0.2, 0) is 29.1 Å². The first-order chi connectivity index (χ1) is 11.9. The van der Waals surface area contributed by atoms with Crippen molar-refractivity contribution in [3.63, 3.8) is 0 Å². The van der Waals surface area contributed by atoms with Gasteiger partial charge in [0, 0.05) is 32.0 Å². The van der Waals surface area contributed by atoms with E-state index in [1.807, 2.05) is 12.1 Å². The Labute approximate surface area is 155 Å². The standard InChI is InChI=1S/C18H20BrNO5/c1-11(21)23-10-17-6-16(24-12(2)22)7-18(25-17)13-3-4-14(9-20)15(5-13)8-19/h3-5,16-18H,6-8,10H2,1-2H3. The Morgan fingerprint density at radius 2 is 2.08 bits per heavy atom. The molecule has 0 saturated carbocycles. The Morgan fingerprint density at radius 1 is 1.32 bits per heavy atom. The summed E-state index contributed by atoms with van der Waals surface area (Å²) < 4.78 is 16.4. The SMILES string of the molecule is CC(=O)OCC1CC(OC(C)=O)CC(c2ccc(C#N)c(CBr)c2)O1. The Kier molecular flexibility index (Phi) is 6.97. The fraction of sp³-hybridized carbons (Fsp3) is 0.500. The van der Waals surface area contributed by atoms with Crippen LogP contribution in [0.4, 0.5) is 0 Å². The summed E-state index contributed by atoms with van der Waals surface area (Å²) >= 11 is 3.39. The molecule has 0 bridgehead atoms. The minimum atomic E-state index is -0.380. The number of rotatable bonds is 5. The van der Waals surface area contributed by atoms with Crippen LogP contribution in [0.5, 0.6) is 0 Å². The van der Waals surface area contributed by atoms with Crippen molar-refractivity contribution in [2.45, 2.75) is 50.3 Å². The third-order valence-electron chi connectivity index (χ3n) is 3.93. The molecule has 2 rings (SSSR count). The molecule has 25 heavy (non-hydrogen) atoms. The topological polar surface area (TPSA) is 85.6 Å². The van der Waals surface area contributed by atoms with E-state index >= 15 is 0 Å². The van der Waals surface area contributed by atoms with E-state index in [-0.39, 0.29) is 36.9 Å². The smallest absolute Gasteiger partial charge is 0.302 e. The predicted octanol–water partition coefficient (Wildman–Crippen LogP) is 3.17. The van der Waals surface area contributed by atoms with Crippen molar-refractivity contribution in [3.05, 3.63) is 34.9 Å². The molecule has 1 heterocycles. The first-order valence-corrected chi connectivity index (χ1v) is 9.10. The number of nitriles is 1. The summed E-state index contributed by atoms with van der Waals surface area (Å²) in [4.78, 5) is 22.4. The zero-order valence-corrected chi connectivity index (χ0v) is 15.7. The van der Waals surface area contributed by atoms with Gasteiger partial charge in [0.2, 0.25) is 0 Å². The summed E-state index contributed by atoms with van der Waals surface area (Å²) in [5, 5.41) is 9.70. The molecule has 0 N–H and O–H groups in total. The second-order valence-electron chi connectivity index (χ2n) is 5.91. The molecule has 0 spiro atoms. The Bertz CT molecular complexity index is 685. The molecule has 134 valence electrons. The van der Waals surface area contributed by atoms with Gasteiger partial charge in [0.15, 0.2) is 0 Å². The first kappa shape index (κ1) is 19.4. The third kappa shape index (κ3) is 5.55. The third-order valence-corrected chi connectivity index (χ3v) is 4.53. The van der Waals surface area contributed by atoms with Gasteiger partial charge in [-0.3, -0.25) is 9.59 Å². The lowest BCUT2D eigenvalue weighted by atomic mass is 9.94. The molecule has 3 unspecified atom stereocenters. The number of halogens is 1. The van der Waals surface area contributed by atoms with E-state index in [0.29, 0.717) is 23.7 Å². The molecule has 1 aromatic rings. The fourth-order valence-corrected chi connectivity index (χ4v) is 3.33. The number of carbonyl (C=O) groups is 2. The fourth-order valence-electron chi connectivity index (χ4n) is 2.87. The molecule has 1 fully saturated rings. The van der Waals surface area contributed by atoms with Crippen LogP contribution >= 0.6 is 15.9 Å². The number of carbonyl (C=O) groups excluding carboxylic acids is 2. The summed E-state index contributed by atoms with van der Waals surface area (Å²) in [6.45, 7) is 2.83. The molecule has 3 atom stereocenters. The van der Waals surface area contributed by atoms with E-state index in [1.165, 1.54) is 13.8 Å². The molecule has 7 heteroatoms. The van der Waals surface area contributed by atoms with E-state index < -0.39 is 0 Å². The van der Waals surface area contributed by atoms with Gasteiger partial charge in [0.05, 0.1) is 23.8 Å². The van der Waals surface area contributed by atoms with Crippen molar-refractivity contribution < 1.29 is 23.8 Å². The van der Waals surface area contributed by atoms with Crippen LogP contribution in [-0.4, -0.2) is 30.8 Å². The van der Waals surface area contributed by atoms with Crippen LogP contribution in [0.15, 0.2) is 18.2 Å². The molecule has 0 radical (unpaired) electrons. The van der Waals surface area contributed by atoms with Gasteiger partial charge in [-0.2, -0.15) is 5.26 Å². The number of benzene rings is 1. The molecule has 1 aliphatic rings. The summed E-state index contributed by atoms with van der Waals surface area (Å²) in [5.74, 6) is -0.729. The van der Waals surface area contributed by atoms with Gasteiger partial charge in [-0.05, 0) is 17.2 Å². The Balaban J connectivity index is 2.20. The number of hydrogen-bond acceptors (Lipinski definition) is 6. The van der Waals surface area contributed by atoms with E-state index in [0.717, 1.165) is 11.1 Å². The highest BCUT2D eigenvalue weighted by Crippen LogP contribution is 2.34. The molecule has 1 aliphatic heterocycles. The average molecular weight is 410 g/mol. The van der Waals surface area contributed by atoms with Gasteiger partial charge < -0.3 is 14.2 Å². The van der Waals surface area contributed by atoms with Crippen LogP contribution in [0.3, 0.4) is 0 Å². The molecular weight excluding hydrogens is 390 g/mol. The minimum Gasteiger partial charge on any atom is -0.463 e. The predicted molar refractivity (Wildman–Crippen MR) is 92.8 cm³/mol. The maximum Gasteiger partial charge on any atom is 0.302 e. The minimum absolute atomic E-state index is 0.116. The van der Waals surface area contributed by atoms with Gasteiger partial charge in [-0.1, -0.05) is 28.1 Å². The average Bonchev–Trinajstić information content (AvgIpc) is 2.58. The molecule has 1 aromatic carbocycles. The van der Waals surface area contributed by atoms with Crippen molar-refractivity contribution >= 4 is 27.9 Å². The lowest BCUT2D eigenvalue weighted by Gasteiger charge is -2.35. The van der Waals surface area contributed by atoms with Crippen molar-refractivity contribution in [2.75, 3.05) is 6.61 Å². The molecular formula is C18H20BrNO5. The van der Waals surface area contributed by atoms with Crippen molar-refractivity contribution in [2.24, 2.45) is 0 Å². The van der Waals surface area contributed by atoms with Crippen molar-refractivity contribution in [3.8, 4) is 6.07 Å². The lowest BCUT2D eigenvalue weighted by Crippen LogP contribution is -2.36. The highest BCUT2D eigenvalue weighted by atomic mass is 79.9. The largest absolute Gasteiger partial charge is 0.463 e. The van der Waals surface area contributed by atoms with Gasteiger partial charge in [0.25, 0.3) is 0 Å². The van der Waals surface area contributed by atoms with Crippen molar-refractivity contribution in [1.29, 1.82) is 5.26 Å². The van der Waals surface area contributed by atoms with Crippen LogP contribution in [0.25, 0.3) is 0 Å². The Hall–Kier alpha value is -1.91. The summed E-state index contributed by atoms with van der Waals surface area (Å²) in [6.07, 6.45) is 0.0356. The highest BCUT2D eigenvalue weighted by Gasteiger charge is 2.33. The summed E-state index contributed by atoms with van der Waals surface area (Å²) in [5.41, 5.74) is 2.37. The molecule has 0 aromatic heterocycles. The molecule has 0 aliphatic carbocycles. The van der Waals surface area contributed by atoms with Crippen LogP contribution in [0, 0.1) is 11.3 Å². The number of hydrogen-bond donors (Lipinski definition) is 0. The molecule has 1 saturated heterocycles. The summed E-state index contributed by atoms with van der Waals surface area (Å²) in [7, 11) is 0. The van der Waals surface area contributed by atoms with Gasteiger partial charge in [0.1, 0.15) is 12.7 Å². The molecule has 0 amide bonds. The second-order valence-corrected chi connectivity index (χ2v) is 6.47. The van der Waals surface area contributed by atoms with Crippen LogP contribution < -0.4 is 0 Å². The number of esters is 2. The van der Waals surface area contributed by atoms with Gasteiger partial charge in [-0.15, -0.1) is 0 Å². The maximum atomic E-state index is 11.3. The van der Waals surface area contributed by atoms with E-state index in [2.05, 4.69) is 22.0 Å². The zero-order chi connectivity index (χ0) is 18.4. The Morgan fingerprint density at radius 3 is 2.68 bits per heavy atom. The number of alkyl halides is 1. The maximum absolute atomic E-state index is 11.3. The second kappa shape index (κ2) is 8.97. The first-order valence-electron chi connectivity index (χ1n) is 7.97. The van der Waals surface area contributed by atoms with Crippen LogP contribution in [0.2, 0.25) is 0 Å². The van der Waals surface area contributed by atoms with Gasteiger partial charge >= 0.3 is 11.9 Å². The summed E-state index contributed by atoms with van der Waals surface area (Å²) in [6, 6.07) is 7.67. The van der Waals surface area contributed by atoms with E-state index in [4.69, 9.17) is 19.5 Å². The van der Waals surface area contributed by atoms with Crippen molar-refractivity contribution in [1.82, 2.24) is 0 Å². The molecule has 6 nitrogen and oxygen atoms in total. The van der Waals surface area contributed by atoms with Gasteiger partial charge in [-0.25, -0.2) is 0 Å². The quantitative estimate of drug-likeness (QED) is 0.548. The lowest BCUT2D eigenvalue weighted by molar-refractivity contribution is -0.169. The number of ether oxygens (including phenoxy) is 3. The number of nitrogens with zero attached hydrogens (tertiary/aromatic N) is 1. The van der Waals surface area contributed by atoms with Crippen LogP contribution in [0.1, 0.15) is 49.5 Å². The normalized spacial score (nSPS) is 22.7. The zero-order valence-electron chi connectivity index (χ0n) is 14.2.